The summed E-state index contributed by atoms with van der Waals surface area (Å²) in [6.45, 7) is 3.90. The van der Waals surface area contributed by atoms with E-state index < -0.39 is 0 Å². The van der Waals surface area contributed by atoms with Crippen molar-refractivity contribution in [3.05, 3.63) is 48.3 Å². The molecule has 0 radical (unpaired) electrons. The first-order chi connectivity index (χ1) is 10.8. The van der Waals surface area contributed by atoms with Crippen LogP contribution in [0.5, 0.6) is 0 Å². The van der Waals surface area contributed by atoms with Crippen LogP contribution in [-0.4, -0.2) is 47.0 Å². The summed E-state index contributed by atoms with van der Waals surface area (Å²) in [5.41, 5.74) is 2.11. The molecule has 0 aromatic carbocycles. The maximum atomic E-state index is 12.2. The number of rotatable bonds is 5. The monoisotopic (exact) mass is 296 g/mol. The highest BCUT2D eigenvalue weighted by Gasteiger charge is 2.12. The van der Waals surface area contributed by atoms with Crippen molar-refractivity contribution in [1.29, 1.82) is 0 Å². The number of likely N-dealkylation sites (tertiary alicyclic amines) is 1. The van der Waals surface area contributed by atoms with Crippen LogP contribution in [0, 0.1) is 0 Å². The minimum Gasteiger partial charge on any atom is -0.351 e. The molecule has 0 saturated carbocycles. The van der Waals surface area contributed by atoms with Crippen molar-refractivity contribution in [2.24, 2.45) is 0 Å². The molecule has 22 heavy (non-hydrogen) atoms. The zero-order chi connectivity index (χ0) is 15.2. The molecule has 0 atom stereocenters. The molecule has 0 aliphatic carbocycles. The van der Waals surface area contributed by atoms with Gasteiger partial charge in [0.2, 0.25) is 0 Å². The Bertz CT molecular complexity index is 624. The molecular weight excluding hydrogens is 276 g/mol. The average Bonchev–Trinajstić information content (AvgIpc) is 3.09. The molecular formula is C17H20N4O. The van der Waals surface area contributed by atoms with Gasteiger partial charge in [-0.3, -0.25) is 14.8 Å². The van der Waals surface area contributed by atoms with Crippen LogP contribution < -0.4 is 5.32 Å². The molecule has 0 bridgehead atoms. The van der Waals surface area contributed by atoms with E-state index in [9.17, 15) is 4.79 Å². The van der Waals surface area contributed by atoms with Crippen LogP contribution in [-0.2, 0) is 0 Å². The van der Waals surface area contributed by atoms with Crippen LogP contribution >= 0.6 is 0 Å². The van der Waals surface area contributed by atoms with E-state index in [-0.39, 0.29) is 5.91 Å². The van der Waals surface area contributed by atoms with Crippen molar-refractivity contribution in [3.63, 3.8) is 0 Å². The second-order valence-corrected chi connectivity index (χ2v) is 5.45. The predicted octanol–water partition coefficient (Wildman–Crippen LogP) is 1.97. The number of aromatic nitrogens is 2. The number of hydrogen-bond acceptors (Lipinski definition) is 4. The van der Waals surface area contributed by atoms with Crippen LogP contribution in [0.4, 0.5) is 0 Å². The lowest BCUT2D eigenvalue weighted by molar-refractivity contribution is 0.0949. The molecule has 5 heteroatoms. The molecule has 0 unspecified atom stereocenters. The Morgan fingerprint density at radius 2 is 1.91 bits per heavy atom. The molecule has 3 heterocycles. The fraction of sp³-hybridized carbons (Fsp3) is 0.353. The maximum Gasteiger partial charge on any atom is 0.251 e. The van der Waals surface area contributed by atoms with Crippen molar-refractivity contribution in [3.8, 4) is 11.4 Å². The van der Waals surface area contributed by atoms with Gasteiger partial charge in [-0.2, -0.15) is 0 Å². The SMILES string of the molecule is O=C(NCCN1CCCC1)c1ccnc(-c2ccccn2)c1. The third-order valence-corrected chi connectivity index (χ3v) is 3.86. The van der Waals surface area contributed by atoms with Crippen molar-refractivity contribution < 1.29 is 4.79 Å². The lowest BCUT2D eigenvalue weighted by Gasteiger charge is -2.14. The smallest absolute Gasteiger partial charge is 0.251 e. The van der Waals surface area contributed by atoms with Gasteiger partial charge in [-0.15, -0.1) is 0 Å². The highest BCUT2D eigenvalue weighted by Crippen LogP contribution is 2.14. The second-order valence-electron chi connectivity index (χ2n) is 5.45. The molecule has 2 aromatic heterocycles. The van der Waals surface area contributed by atoms with Crippen LogP contribution in [0.3, 0.4) is 0 Å². The molecule has 114 valence electrons. The minimum atomic E-state index is -0.0567. The Balaban J connectivity index is 1.60. The number of carbonyl (C=O) groups excluding carboxylic acids is 1. The fourth-order valence-electron chi connectivity index (χ4n) is 2.66. The van der Waals surface area contributed by atoms with E-state index in [1.54, 1.807) is 24.5 Å². The van der Waals surface area contributed by atoms with Crippen molar-refractivity contribution in [2.75, 3.05) is 26.2 Å². The number of nitrogens with one attached hydrogen (secondary N) is 1. The van der Waals surface area contributed by atoms with Crippen LogP contribution in [0.2, 0.25) is 0 Å². The first-order valence-electron chi connectivity index (χ1n) is 7.71. The van der Waals surface area contributed by atoms with Gasteiger partial charge >= 0.3 is 0 Å². The average molecular weight is 296 g/mol. The van der Waals surface area contributed by atoms with Crippen molar-refractivity contribution in [1.82, 2.24) is 20.2 Å². The van der Waals surface area contributed by atoms with E-state index in [1.807, 2.05) is 18.2 Å². The van der Waals surface area contributed by atoms with E-state index in [2.05, 4.69) is 20.2 Å². The lowest BCUT2D eigenvalue weighted by atomic mass is 10.1. The zero-order valence-corrected chi connectivity index (χ0v) is 12.5. The van der Waals surface area contributed by atoms with Crippen LogP contribution in [0.25, 0.3) is 11.4 Å². The summed E-state index contributed by atoms with van der Waals surface area (Å²) in [5.74, 6) is -0.0567. The van der Waals surface area contributed by atoms with Crippen LogP contribution in [0.1, 0.15) is 23.2 Å². The number of nitrogens with zero attached hydrogens (tertiary/aromatic N) is 3. The third kappa shape index (κ3) is 3.68. The van der Waals surface area contributed by atoms with Gasteiger partial charge in [0.05, 0.1) is 11.4 Å². The standard InChI is InChI=1S/C17H20N4O/c22-17(20-9-12-21-10-3-4-11-21)14-6-8-19-16(13-14)15-5-1-2-7-18-15/h1-2,5-8,13H,3-4,9-12H2,(H,20,22). The normalized spacial score (nSPS) is 14.9. The van der Waals surface area contributed by atoms with Gasteiger partial charge in [0.25, 0.3) is 5.91 Å². The van der Waals surface area contributed by atoms with E-state index in [0.717, 1.165) is 25.3 Å². The quantitative estimate of drug-likeness (QED) is 0.916. The first-order valence-corrected chi connectivity index (χ1v) is 7.71. The highest BCUT2D eigenvalue weighted by molar-refractivity contribution is 5.94. The molecule has 1 saturated heterocycles. The summed E-state index contributed by atoms with van der Waals surface area (Å²) >= 11 is 0. The molecule has 1 amide bonds. The number of hydrogen-bond donors (Lipinski definition) is 1. The topological polar surface area (TPSA) is 58.1 Å². The molecule has 3 rings (SSSR count). The molecule has 1 fully saturated rings. The lowest BCUT2D eigenvalue weighted by Crippen LogP contribution is -2.33. The number of carbonyl (C=O) groups is 1. The molecule has 5 nitrogen and oxygen atoms in total. The summed E-state index contributed by atoms with van der Waals surface area (Å²) in [4.78, 5) is 23.2. The van der Waals surface area contributed by atoms with Gasteiger partial charge < -0.3 is 10.2 Å². The van der Waals surface area contributed by atoms with Gasteiger partial charge in [-0.25, -0.2) is 0 Å². The van der Waals surface area contributed by atoms with E-state index in [0.29, 0.717) is 17.8 Å². The first kappa shape index (κ1) is 14.7. The Hall–Kier alpha value is -2.27. The zero-order valence-electron chi connectivity index (χ0n) is 12.5. The molecule has 0 spiro atoms. The summed E-state index contributed by atoms with van der Waals surface area (Å²) in [6.07, 6.45) is 5.91. The summed E-state index contributed by atoms with van der Waals surface area (Å²) in [5, 5.41) is 2.98. The van der Waals surface area contributed by atoms with Gasteiger partial charge in [0, 0.05) is 31.0 Å². The maximum absolute atomic E-state index is 12.2. The summed E-state index contributed by atoms with van der Waals surface area (Å²) in [6, 6.07) is 9.17. The van der Waals surface area contributed by atoms with Crippen molar-refractivity contribution >= 4 is 5.91 Å². The Kier molecular flexibility index (Phi) is 4.75. The Labute approximate surface area is 130 Å². The molecule has 1 aliphatic heterocycles. The molecule has 2 aromatic rings. The number of pyridine rings is 2. The predicted molar refractivity (Wildman–Crippen MR) is 85.5 cm³/mol. The summed E-state index contributed by atoms with van der Waals surface area (Å²) < 4.78 is 0. The van der Waals surface area contributed by atoms with E-state index >= 15 is 0 Å². The van der Waals surface area contributed by atoms with Crippen molar-refractivity contribution in [2.45, 2.75) is 12.8 Å². The van der Waals surface area contributed by atoms with E-state index in [1.165, 1.54) is 12.8 Å². The Morgan fingerprint density at radius 1 is 1.09 bits per heavy atom. The molecule has 1 N–H and O–H groups in total. The molecule has 1 aliphatic rings. The van der Waals surface area contributed by atoms with Gasteiger partial charge in [-0.05, 0) is 50.2 Å². The second kappa shape index (κ2) is 7.13. The van der Waals surface area contributed by atoms with Gasteiger partial charge in [-0.1, -0.05) is 6.07 Å². The van der Waals surface area contributed by atoms with Gasteiger partial charge in [0.1, 0.15) is 0 Å². The fourth-order valence-corrected chi connectivity index (χ4v) is 2.66. The number of amides is 1. The minimum absolute atomic E-state index is 0.0567. The summed E-state index contributed by atoms with van der Waals surface area (Å²) in [7, 11) is 0. The van der Waals surface area contributed by atoms with E-state index in [4.69, 9.17) is 0 Å². The third-order valence-electron chi connectivity index (χ3n) is 3.86. The Morgan fingerprint density at radius 3 is 2.68 bits per heavy atom. The largest absolute Gasteiger partial charge is 0.351 e. The highest BCUT2D eigenvalue weighted by atomic mass is 16.1. The van der Waals surface area contributed by atoms with Crippen LogP contribution in [0.15, 0.2) is 42.7 Å². The van der Waals surface area contributed by atoms with Gasteiger partial charge in [0.15, 0.2) is 0 Å².